The number of carboxylic acid groups (broad SMARTS) is 1. The predicted molar refractivity (Wildman–Crippen MR) is 110 cm³/mol. The van der Waals surface area contributed by atoms with Crippen LogP contribution in [-0.2, 0) is 27.1 Å². The fourth-order valence-electron chi connectivity index (χ4n) is 3.03. The van der Waals surface area contributed by atoms with Crippen molar-refractivity contribution < 1.29 is 24.2 Å². The van der Waals surface area contributed by atoms with Crippen molar-refractivity contribution in [3.05, 3.63) is 23.4 Å². The summed E-state index contributed by atoms with van der Waals surface area (Å²) in [5, 5.41) is 14.9. The normalized spacial score (nSPS) is 14.4. The number of amides is 1. The number of rotatable bonds is 10. The zero-order chi connectivity index (χ0) is 21.3. The number of carbonyl (C=O) groups excluding carboxylic acids is 1. The van der Waals surface area contributed by atoms with Gasteiger partial charge in [0.1, 0.15) is 17.5 Å². The van der Waals surface area contributed by atoms with Crippen molar-refractivity contribution >= 4 is 17.9 Å². The Morgan fingerprint density at radius 1 is 1.28 bits per heavy atom. The third-order valence-corrected chi connectivity index (χ3v) is 4.46. The van der Waals surface area contributed by atoms with Crippen LogP contribution in [0.4, 0.5) is 10.6 Å². The van der Waals surface area contributed by atoms with Crippen molar-refractivity contribution in [1.29, 1.82) is 0 Å². The lowest BCUT2D eigenvalue weighted by molar-refractivity contribution is -0.140. The van der Waals surface area contributed by atoms with Crippen LogP contribution in [0.1, 0.15) is 57.7 Å². The van der Waals surface area contributed by atoms with Crippen molar-refractivity contribution in [2.24, 2.45) is 0 Å². The molecule has 2 rings (SSSR count). The zero-order valence-corrected chi connectivity index (χ0v) is 17.6. The molecule has 1 aliphatic rings. The lowest BCUT2D eigenvalue weighted by Gasteiger charge is -2.22. The summed E-state index contributed by atoms with van der Waals surface area (Å²) < 4.78 is 10.6. The average Bonchev–Trinajstić information content (AvgIpc) is 2.64. The highest BCUT2D eigenvalue weighted by Crippen LogP contribution is 2.20. The lowest BCUT2D eigenvalue weighted by atomic mass is 10.1. The number of nitrogens with one attached hydrogen (secondary N) is 2. The van der Waals surface area contributed by atoms with E-state index in [1.165, 1.54) is 5.56 Å². The van der Waals surface area contributed by atoms with E-state index < -0.39 is 23.7 Å². The Morgan fingerprint density at radius 2 is 2.07 bits per heavy atom. The number of nitrogens with zero attached hydrogens (tertiary/aromatic N) is 1. The van der Waals surface area contributed by atoms with Gasteiger partial charge in [0.05, 0.1) is 0 Å². The van der Waals surface area contributed by atoms with Crippen LogP contribution in [-0.4, -0.2) is 53.6 Å². The number of hydrogen-bond donors (Lipinski definition) is 3. The van der Waals surface area contributed by atoms with Gasteiger partial charge in [0, 0.05) is 31.9 Å². The van der Waals surface area contributed by atoms with E-state index in [0.717, 1.165) is 50.2 Å². The molecule has 0 saturated heterocycles. The Hall–Kier alpha value is -2.35. The number of hydrogen-bond acceptors (Lipinski definition) is 6. The van der Waals surface area contributed by atoms with Crippen LogP contribution in [0.5, 0.6) is 0 Å². The molecule has 1 aromatic heterocycles. The average molecular weight is 408 g/mol. The molecule has 1 atom stereocenters. The van der Waals surface area contributed by atoms with E-state index in [9.17, 15) is 14.7 Å². The smallest absolute Gasteiger partial charge is 0.408 e. The van der Waals surface area contributed by atoms with Gasteiger partial charge in [-0.1, -0.05) is 6.07 Å². The van der Waals surface area contributed by atoms with Gasteiger partial charge in [-0.3, -0.25) is 0 Å². The van der Waals surface area contributed by atoms with Gasteiger partial charge in [-0.15, -0.1) is 0 Å². The summed E-state index contributed by atoms with van der Waals surface area (Å²) in [6.45, 7) is 6.96. The summed E-state index contributed by atoms with van der Waals surface area (Å²) in [6.07, 6.45) is 4.39. The Labute approximate surface area is 172 Å². The molecule has 0 unspecified atom stereocenters. The molecule has 8 heteroatoms. The molecule has 29 heavy (non-hydrogen) atoms. The Kier molecular flexibility index (Phi) is 8.70. The number of pyridine rings is 1. The van der Waals surface area contributed by atoms with Gasteiger partial charge in [-0.25, -0.2) is 14.6 Å². The topological polar surface area (TPSA) is 110 Å². The summed E-state index contributed by atoms with van der Waals surface area (Å²) in [7, 11) is 0. The molecule has 0 bridgehead atoms. The molecule has 1 amide bonds. The van der Waals surface area contributed by atoms with Crippen LogP contribution in [0.3, 0.4) is 0 Å². The minimum absolute atomic E-state index is 0.187. The van der Waals surface area contributed by atoms with Gasteiger partial charge in [0.15, 0.2) is 0 Å². The Morgan fingerprint density at radius 3 is 2.79 bits per heavy atom. The molecule has 162 valence electrons. The van der Waals surface area contributed by atoms with Crippen molar-refractivity contribution in [1.82, 2.24) is 10.3 Å². The number of aromatic nitrogens is 1. The number of carbonyl (C=O) groups is 2. The number of aryl methyl sites for hydroxylation is 2. The molecule has 2 heterocycles. The lowest BCUT2D eigenvalue weighted by Crippen LogP contribution is -2.44. The van der Waals surface area contributed by atoms with E-state index in [0.29, 0.717) is 6.61 Å². The fraction of sp³-hybridized carbons (Fsp3) is 0.667. The van der Waals surface area contributed by atoms with E-state index in [-0.39, 0.29) is 13.0 Å². The molecule has 1 aromatic rings. The molecule has 0 radical (unpaired) electrons. The molecule has 3 N–H and O–H groups in total. The second-order valence-electron chi connectivity index (χ2n) is 8.24. The van der Waals surface area contributed by atoms with E-state index >= 15 is 0 Å². The standard InChI is InChI=1S/C21H33N3O5/c1-21(2,3)29-20(27)24-17(19(25)26)11-14-28-13-5-4-8-16-10-9-15-7-6-12-22-18(15)23-16/h9-10,17H,4-8,11-14H2,1-3H3,(H,22,23)(H,24,27)(H,25,26)/t17-/m1/s1. The van der Waals surface area contributed by atoms with Crippen molar-refractivity contribution in [3.8, 4) is 0 Å². The summed E-state index contributed by atoms with van der Waals surface area (Å²) >= 11 is 0. The molecule has 0 fully saturated rings. The SMILES string of the molecule is CC(C)(C)OC(=O)N[C@H](CCOCCCCc1ccc2c(n1)NCCC2)C(=O)O. The second-order valence-corrected chi connectivity index (χ2v) is 8.24. The minimum Gasteiger partial charge on any atom is -0.480 e. The maximum atomic E-state index is 11.7. The number of ether oxygens (including phenoxy) is 2. The number of aliphatic carboxylic acids is 1. The minimum atomic E-state index is -1.11. The zero-order valence-electron chi connectivity index (χ0n) is 17.6. The number of alkyl carbamates (subject to hydrolysis) is 1. The van der Waals surface area contributed by atoms with Crippen LogP contribution >= 0.6 is 0 Å². The number of carboxylic acids is 1. The van der Waals surface area contributed by atoms with Crippen molar-refractivity contribution in [2.75, 3.05) is 25.1 Å². The molecule has 0 spiro atoms. The largest absolute Gasteiger partial charge is 0.480 e. The van der Waals surface area contributed by atoms with Gasteiger partial charge < -0.3 is 25.2 Å². The number of fused-ring (bicyclic) bond motifs is 1. The van der Waals surface area contributed by atoms with Gasteiger partial charge in [-0.05, 0) is 64.5 Å². The summed E-state index contributed by atoms with van der Waals surface area (Å²) in [5.41, 5.74) is 1.69. The monoisotopic (exact) mass is 407 g/mol. The highest BCUT2D eigenvalue weighted by Gasteiger charge is 2.23. The highest BCUT2D eigenvalue weighted by atomic mass is 16.6. The van der Waals surface area contributed by atoms with Gasteiger partial charge in [0.2, 0.25) is 0 Å². The van der Waals surface area contributed by atoms with Crippen LogP contribution in [0, 0.1) is 0 Å². The molecular weight excluding hydrogens is 374 g/mol. The van der Waals surface area contributed by atoms with E-state index in [4.69, 9.17) is 9.47 Å². The summed E-state index contributed by atoms with van der Waals surface area (Å²) in [4.78, 5) is 27.7. The Bertz CT molecular complexity index is 687. The van der Waals surface area contributed by atoms with Gasteiger partial charge >= 0.3 is 12.1 Å². The molecule has 8 nitrogen and oxygen atoms in total. The maximum absolute atomic E-state index is 11.7. The highest BCUT2D eigenvalue weighted by molar-refractivity contribution is 5.79. The first-order valence-corrected chi connectivity index (χ1v) is 10.3. The second kappa shape index (κ2) is 11.0. The fourth-order valence-corrected chi connectivity index (χ4v) is 3.03. The summed E-state index contributed by atoms with van der Waals surface area (Å²) in [5.74, 6) is -0.0891. The third-order valence-electron chi connectivity index (χ3n) is 4.46. The molecular formula is C21H33N3O5. The Balaban J connectivity index is 1.60. The van der Waals surface area contributed by atoms with Crippen molar-refractivity contribution in [2.45, 2.75) is 70.9 Å². The quantitative estimate of drug-likeness (QED) is 0.511. The molecule has 0 saturated carbocycles. The van der Waals surface area contributed by atoms with Crippen LogP contribution < -0.4 is 10.6 Å². The molecule has 1 aliphatic heterocycles. The van der Waals surface area contributed by atoms with Crippen LogP contribution in [0.2, 0.25) is 0 Å². The molecule has 0 aliphatic carbocycles. The maximum Gasteiger partial charge on any atom is 0.408 e. The van der Waals surface area contributed by atoms with Crippen LogP contribution in [0.25, 0.3) is 0 Å². The third kappa shape index (κ3) is 8.68. The first kappa shape index (κ1) is 22.9. The first-order valence-electron chi connectivity index (χ1n) is 10.3. The van der Waals surface area contributed by atoms with Crippen LogP contribution in [0.15, 0.2) is 12.1 Å². The summed E-state index contributed by atoms with van der Waals surface area (Å²) in [6, 6.07) is 3.22. The number of unbranched alkanes of at least 4 members (excludes halogenated alkanes) is 1. The van der Waals surface area contributed by atoms with Crippen molar-refractivity contribution in [3.63, 3.8) is 0 Å². The number of anilines is 1. The molecule has 0 aromatic carbocycles. The van der Waals surface area contributed by atoms with E-state index in [1.807, 2.05) is 0 Å². The van der Waals surface area contributed by atoms with E-state index in [1.54, 1.807) is 20.8 Å². The van der Waals surface area contributed by atoms with Gasteiger partial charge in [-0.2, -0.15) is 0 Å². The van der Waals surface area contributed by atoms with E-state index in [2.05, 4.69) is 27.8 Å². The predicted octanol–water partition coefficient (Wildman–Crippen LogP) is 3.15. The van der Waals surface area contributed by atoms with Gasteiger partial charge in [0.25, 0.3) is 0 Å². The first-order chi connectivity index (χ1) is 13.7.